The van der Waals surface area contributed by atoms with Crippen molar-refractivity contribution >= 4 is 12.1 Å². The molecule has 2 unspecified atom stereocenters. The number of rotatable bonds is 6. The molecular formula is C18H36N4O3. The number of ether oxygens (including phenoxy) is 2. The first-order valence-electron chi connectivity index (χ1n) is 9.10. The molecule has 0 aromatic heterocycles. The first kappa shape index (κ1) is 21.5. The highest BCUT2D eigenvalue weighted by molar-refractivity contribution is 5.79. The summed E-state index contributed by atoms with van der Waals surface area (Å²) in [4.78, 5) is 17.9. The van der Waals surface area contributed by atoms with Gasteiger partial charge in [0, 0.05) is 39.8 Å². The van der Waals surface area contributed by atoms with Gasteiger partial charge in [-0.3, -0.25) is 4.99 Å². The minimum absolute atomic E-state index is 0.0659. The summed E-state index contributed by atoms with van der Waals surface area (Å²) in [5.41, 5.74) is -0.588. The Bertz CT molecular complexity index is 454. The van der Waals surface area contributed by atoms with Crippen LogP contribution in [0.1, 0.15) is 53.9 Å². The van der Waals surface area contributed by atoms with Gasteiger partial charge in [0.2, 0.25) is 0 Å². The topological polar surface area (TPSA) is 75.2 Å². The molecule has 0 radical (unpaired) electrons. The normalized spacial score (nSPS) is 22.4. The van der Waals surface area contributed by atoms with Crippen molar-refractivity contribution in [3.05, 3.63) is 0 Å². The van der Waals surface area contributed by atoms with Crippen molar-refractivity contribution in [2.24, 2.45) is 4.99 Å². The summed E-state index contributed by atoms with van der Waals surface area (Å²) < 4.78 is 11.2. The van der Waals surface area contributed by atoms with Crippen LogP contribution in [0, 0.1) is 0 Å². The van der Waals surface area contributed by atoms with E-state index in [9.17, 15) is 4.79 Å². The summed E-state index contributed by atoms with van der Waals surface area (Å²) in [5, 5.41) is 6.61. The molecule has 0 bridgehead atoms. The number of nitrogens with one attached hydrogen (secondary N) is 2. The average Bonchev–Trinajstić information content (AvgIpc) is 2.95. The maximum atomic E-state index is 12.1. The van der Waals surface area contributed by atoms with Crippen molar-refractivity contribution in [3.63, 3.8) is 0 Å². The first-order valence-corrected chi connectivity index (χ1v) is 9.10. The van der Waals surface area contributed by atoms with Crippen molar-refractivity contribution in [1.29, 1.82) is 0 Å². The van der Waals surface area contributed by atoms with Gasteiger partial charge < -0.3 is 25.0 Å². The molecule has 2 atom stereocenters. The summed E-state index contributed by atoms with van der Waals surface area (Å²) in [6.45, 7) is 12.0. The largest absolute Gasteiger partial charge is 0.444 e. The lowest BCUT2D eigenvalue weighted by atomic mass is 10.0. The fraction of sp³-hybridized carbons (Fsp3) is 0.889. The molecule has 0 aromatic carbocycles. The standard InChI is InChI=1S/C18H36N4O3/c1-14(22(7)16(23)25-17(2,3)4)9-11-20-15(19-6)21-13-18(5)10-8-12-24-18/h14H,8-13H2,1-7H3,(H2,19,20,21). The molecule has 1 aliphatic heterocycles. The zero-order valence-corrected chi connectivity index (χ0v) is 16.9. The average molecular weight is 357 g/mol. The van der Waals surface area contributed by atoms with Crippen LogP contribution in [0.4, 0.5) is 4.79 Å². The van der Waals surface area contributed by atoms with Gasteiger partial charge in [-0.15, -0.1) is 0 Å². The Labute approximate surface area is 152 Å². The van der Waals surface area contributed by atoms with Gasteiger partial charge in [0.1, 0.15) is 5.60 Å². The summed E-state index contributed by atoms with van der Waals surface area (Å²) in [6.07, 6.45) is 2.67. The van der Waals surface area contributed by atoms with E-state index < -0.39 is 5.60 Å². The number of nitrogens with zero attached hydrogens (tertiary/aromatic N) is 2. The van der Waals surface area contributed by atoms with E-state index in [1.54, 1.807) is 19.0 Å². The van der Waals surface area contributed by atoms with Crippen molar-refractivity contribution in [2.45, 2.75) is 71.1 Å². The number of hydrogen-bond acceptors (Lipinski definition) is 4. The predicted octanol–water partition coefficient (Wildman–Crippen LogP) is 2.37. The molecule has 146 valence electrons. The Morgan fingerprint density at radius 3 is 2.60 bits per heavy atom. The second-order valence-corrected chi connectivity index (χ2v) is 7.98. The zero-order valence-electron chi connectivity index (χ0n) is 16.9. The van der Waals surface area contributed by atoms with Crippen LogP contribution in [0.2, 0.25) is 0 Å². The smallest absolute Gasteiger partial charge is 0.410 e. The Morgan fingerprint density at radius 2 is 2.08 bits per heavy atom. The van der Waals surface area contributed by atoms with Crippen molar-refractivity contribution in [2.75, 3.05) is 33.8 Å². The third kappa shape index (κ3) is 7.94. The van der Waals surface area contributed by atoms with Gasteiger partial charge in [0.25, 0.3) is 0 Å². The van der Waals surface area contributed by atoms with Gasteiger partial charge in [-0.05, 0) is 53.9 Å². The molecule has 1 aliphatic rings. The third-order valence-corrected chi connectivity index (χ3v) is 4.35. The first-order chi connectivity index (χ1) is 11.6. The maximum absolute atomic E-state index is 12.1. The van der Waals surface area contributed by atoms with Crippen LogP contribution in [-0.2, 0) is 9.47 Å². The SMILES string of the molecule is CN=C(NCCC(C)N(C)C(=O)OC(C)(C)C)NCC1(C)CCCO1. The summed E-state index contributed by atoms with van der Waals surface area (Å²) in [7, 11) is 3.52. The highest BCUT2D eigenvalue weighted by Gasteiger charge is 2.29. The van der Waals surface area contributed by atoms with Crippen LogP contribution < -0.4 is 10.6 Å². The van der Waals surface area contributed by atoms with Gasteiger partial charge in [-0.25, -0.2) is 4.79 Å². The molecule has 2 N–H and O–H groups in total. The van der Waals surface area contributed by atoms with Crippen molar-refractivity contribution in [1.82, 2.24) is 15.5 Å². The fourth-order valence-corrected chi connectivity index (χ4v) is 2.57. The quantitative estimate of drug-likeness (QED) is 0.564. The van der Waals surface area contributed by atoms with E-state index >= 15 is 0 Å². The minimum atomic E-state index is -0.478. The zero-order chi connectivity index (χ0) is 19.1. The van der Waals surface area contributed by atoms with Crippen LogP contribution in [0.3, 0.4) is 0 Å². The van der Waals surface area contributed by atoms with E-state index in [0.717, 1.165) is 38.4 Å². The number of hydrogen-bond donors (Lipinski definition) is 2. The third-order valence-electron chi connectivity index (χ3n) is 4.35. The highest BCUT2D eigenvalue weighted by atomic mass is 16.6. The second kappa shape index (κ2) is 9.27. The van der Waals surface area contributed by atoms with Gasteiger partial charge >= 0.3 is 6.09 Å². The molecule has 1 fully saturated rings. The maximum Gasteiger partial charge on any atom is 0.410 e. The van der Waals surface area contributed by atoms with E-state index in [0.29, 0.717) is 6.54 Å². The van der Waals surface area contributed by atoms with Gasteiger partial charge in [0.15, 0.2) is 5.96 Å². The Hall–Kier alpha value is -1.50. The van der Waals surface area contributed by atoms with Crippen LogP contribution in [-0.4, -0.2) is 68.0 Å². The van der Waals surface area contributed by atoms with Crippen molar-refractivity contribution in [3.8, 4) is 0 Å². The lowest BCUT2D eigenvalue weighted by molar-refractivity contribution is 0.0225. The van der Waals surface area contributed by atoms with Crippen LogP contribution in [0.15, 0.2) is 4.99 Å². The molecule has 1 saturated heterocycles. The molecule has 1 rings (SSSR count). The molecule has 0 aliphatic carbocycles. The van der Waals surface area contributed by atoms with E-state index in [1.807, 2.05) is 27.7 Å². The second-order valence-electron chi connectivity index (χ2n) is 7.98. The number of carbonyl (C=O) groups excluding carboxylic acids is 1. The lowest BCUT2D eigenvalue weighted by Gasteiger charge is -2.29. The Morgan fingerprint density at radius 1 is 1.40 bits per heavy atom. The summed E-state index contributed by atoms with van der Waals surface area (Å²) in [6, 6.07) is 0.0659. The molecule has 25 heavy (non-hydrogen) atoms. The van der Waals surface area contributed by atoms with E-state index in [1.165, 1.54) is 0 Å². The molecule has 7 nitrogen and oxygen atoms in total. The van der Waals surface area contributed by atoms with Crippen molar-refractivity contribution < 1.29 is 14.3 Å². The molecular weight excluding hydrogens is 320 g/mol. The van der Waals surface area contributed by atoms with E-state index in [2.05, 4.69) is 22.5 Å². The number of carbonyl (C=O) groups is 1. The number of aliphatic imine (C=N–C) groups is 1. The monoisotopic (exact) mass is 356 g/mol. The number of amides is 1. The van der Waals surface area contributed by atoms with E-state index in [4.69, 9.17) is 9.47 Å². The molecule has 1 amide bonds. The van der Waals surface area contributed by atoms with Crippen LogP contribution in [0.25, 0.3) is 0 Å². The van der Waals surface area contributed by atoms with Crippen LogP contribution >= 0.6 is 0 Å². The fourth-order valence-electron chi connectivity index (χ4n) is 2.57. The molecule has 0 saturated carbocycles. The van der Waals surface area contributed by atoms with Gasteiger partial charge in [-0.2, -0.15) is 0 Å². The van der Waals surface area contributed by atoms with Crippen LogP contribution in [0.5, 0.6) is 0 Å². The number of guanidine groups is 1. The summed E-state index contributed by atoms with van der Waals surface area (Å²) >= 11 is 0. The predicted molar refractivity (Wildman–Crippen MR) is 101 cm³/mol. The highest BCUT2D eigenvalue weighted by Crippen LogP contribution is 2.23. The molecule has 7 heteroatoms. The molecule has 0 spiro atoms. The summed E-state index contributed by atoms with van der Waals surface area (Å²) in [5.74, 6) is 0.754. The van der Waals surface area contributed by atoms with Gasteiger partial charge in [0.05, 0.1) is 5.60 Å². The van der Waals surface area contributed by atoms with Gasteiger partial charge in [-0.1, -0.05) is 0 Å². The molecule has 1 heterocycles. The minimum Gasteiger partial charge on any atom is -0.444 e. The Balaban J connectivity index is 2.32. The molecule has 0 aromatic rings. The van der Waals surface area contributed by atoms with E-state index in [-0.39, 0.29) is 17.7 Å². The Kier molecular flexibility index (Phi) is 7.99. The lowest BCUT2D eigenvalue weighted by Crippen LogP contribution is -2.46.